The van der Waals surface area contributed by atoms with Crippen LogP contribution in [0.25, 0.3) is 0 Å². The van der Waals surface area contributed by atoms with Gasteiger partial charge in [0.15, 0.2) is 0 Å². The summed E-state index contributed by atoms with van der Waals surface area (Å²) in [4.78, 5) is 6.69. The molecule has 2 rings (SSSR count). The first-order valence-corrected chi connectivity index (χ1v) is 7.96. The first kappa shape index (κ1) is 15.5. The molecule has 1 heterocycles. The lowest BCUT2D eigenvalue weighted by Gasteiger charge is -2.36. The summed E-state index contributed by atoms with van der Waals surface area (Å²) in [6.07, 6.45) is 12.2. The Morgan fingerprint density at radius 2 is 2.00 bits per heavy atom. The highest BCUT2D eigenvalue weighted by Gasteiger charge is 2.31. The molecule has 1 fully saturated rings. The van der Waals surface area contributed by atoms with E-state index in [0.29, 0.717) is 5.41 Å². The SMILES string of the molecule is CNCC1(CN(C)Cc2cccnc2)CCCCCC1. The van der Waals surface area contributed by atoms with Crippen molar-refractivity contribution >= 4 is 0 Å². The van der Waals surface area contributed by atoms with Crippen molar-refractivity contribution in [1.29, 1.82) is 0 Å². The van der Waals surface area contributed by atoms with E-state index in [2.05, 4.69) is 35.4 Å². The van der Waals surface area contributed by atoms with Gasteiger partial charge in [-0.1, -0.05) is 31.7 Å². The van der Waals surface area contributed by atoms with Crippen LogP contribution in [-0.4, -0.2) is 37.1 Å². The molecular weight excluding hydrogens is 246 g/mol. The molecule has 0 unspecified atom stereocenters. The Balaban J connectivity index is 1.96. The molecule has 112 valence electrons. The van der Waals surface area contributed by atoms with Gasteiger partial charge in [0.05, 0.1) is 0 Å². The van der Waals surface area contributed by atoms with Gasteiger partial charge in [-0.25, -0.2) is 0 Å². The molecule has 20 heavy (non-hydrogen) atoms. The van der Waals surface area contributed by atoms with E-state index >= 15 is 0 Å². The van der Waals surface area contributed by atoms with Gasteiger partial charge in [0, 0.05) is 32.0 Å². The van der Waals surface area contributed by atoms with Crippen LogP contribution in [0.2, 0.25) is 0 Å². The van der Waals surface area contributed by atoms with Gasteiger partial charge in [-0.05, 0) is 44.0 Å². The van der Waals surface area contributed by atoms with E-state index < -0.39 is 0 Å². The fraction of sp³-hybridized carbons (Fsp3) is 0.706. The van der Waals surface area contributed by atoms with Crippen LogP contribution in [0.15, 0.2) is 24.5 Å². The summed E-state index contributed by atoms with van der Waals surface area (Å²) in [5, 5.41) is 3.44. The Bertz CT molecular complexity index is 369. The summed E-state index contributed by atoms with van der Waals surface area (Å²) >= 11 is 0. The average Bonchev–Trinajstić information content (AvgIpc) is 2.66. The third-order valence-corrected chi connectivity index (χ3v) is 4.50. The van der Waals surface area contributed by atoms with Gasteiger partial charge >= 0.3 is 0 Å². The van der Waals surface area contributed by atoms with E-state index in [1.54, 1.807) is 0 Å². The average molecular weight is 275 g/mol. The molecule has 1 saturated carbocycles. The number of nitrogens with one attached hydrogen (secondary N) is 1. The highest BCUT2D eigenvalue weighted by atomic mass is 15.1. The minimum Gasteiger partial charge on any atom is -0.319 e. The van der Waals surface area contributed by atoms with E-state index in [0.717, 1.165) is 13.1 Å². The van der Waals surface area contributed by atoms with Crippen molar-refractivity contribution in [3.8, 4) is 0 Å². The van der Waals surface area contributed by atoms with Gasteiger partial charge in [0.2, 0.25) is 0 Å². The van der Waals surface area contributed by atoms with Crippen molar-refractivity contribution in [3.63, 3.8) is 0 Å². The van der Waals surface area contributed by atoms with Crippen molar-refractivity contribution in [1.82, 2.24) is 15.2 Å². The van der Waals surface area contributed by atoms with Crippen LogP contribution in [0.4, 0.5) is 0 Å². The normalized spacial score (nSPS) is 18.9. The van der Waals surface area contributed by atoms with Crippen LogP contribution < -0.4 is 5.32 Å². The van der Waals surface area contributed by atoms with Crippen molar-refractivity contribution in [2.45, 2.75) is 45.1 Å². The van der Waals surface area contributed by atoms with Crippen LogP contribution in [0.1, 0.15) is 44.1 Å². The summed E-state index contributed by atoms with van der Waals surface area (Å²) < 4.78 is 0. The molecule has 1 aliphatic rings. The lowest BCUT2D eigenvalue weighted by Crippen LogP contribution is -2.41. The van der Waals surface area contributed by atoms with E-state index in [1.807, 2.05) is 18.5 Å². The van der Waals surface area contributed by atoms with Gasteiger partial charge in [0.1, 0.15) is 0 Å². The Kier molecular flexibility index (Phi) is 5.99. The zero-order chi connectivity index (χ0) is 14.3. The van der Waals surface area contributed by atoms with Gasteiger partial charge in [0.25, 0.3) is 0 Å². The summed E-state index contributed by atoms with van der Waals surface area (Å²) in [7, 11) is 4.34. The smallest absolute Gasteiger partial charge is 0.0312 e. The predicted molar refractivity (Wildman–Crippen MR) is 84.6 cm³/mol. The molecule has 0 amide bonds. The Hall–Kier alpha value is -0.930. The van der Waals surface area contributed by atoms with Gasteiger partial charge < -0.3 is 10.2 Å². The van der Waals surface area contributed by atoms with Crippen molar-refractivity contribution in [2.24, 2.45) is 5.41 Å². The maximum Gasteiger partial charge on any atom is 0.0312 e. The molecule has 0 aromatic carbocycles. The maximum absolute atomic E-state index is 4.21. The first-order chi connectivity index (χ1) is 9.74. The molecule has 1 N–H and O–H groups in total. The molecule has 0 atom stereocenters. The number of hydrogen-bond donors (Lipinski definition) is 1. The lowest BCUT2D eigenvalue weighted by molar-refractivity contribution is 0.144. The van der Waals surface area contributed by atoms with Gasteiger partial charge in [-0.2, -0.15) is 0 Å². The Labute approximate surface area is 123 Å². The minimum absolute atomic E-state index is 0.461. The largest absolute Gasteiger partial charge is 0.319 e. The predicted octanol–water partition coefficient (Wildman–Crippen LogP) is 3.07. The highest BCUT2D eigenvalue weighted by molar-refractivity contribution is 5.08. The highest BCUT2D eigenvalue weighted by Crippen LogP contribution is 2.35. The van der Waals surface area contributed by atoms with Crippen LogP contribution in [0.3, 0.4) is 0 Å². The van der Waals surface area contributed by atoms with Gasteiger partial charge in [-0.15, -0.1) is 0 Å². The fourth-order valence-corrected chi connectivity index (χ4v) is 3.68. The fourth-order valence-electron chi connectivity index (χ4n) is 3.68. The third-order valence-electron chi connectivity index (χ3n) is 4.50. The quantitative estimate of drug-likeness (QED) is 0.809. The van der Waals surface area contributed by atoms with E-state index in [9.17, 15) is 0 Å². The van der Waals surface area contributed by atoms with E-state index in [-0.39, 0.29) is 0 Å². The second kappa shape index (κ2) is 7.75. The number of hydrogen-bond acceptors (Lipinski definition) is 3. The molecule has 1 aliphatic carbocycles. The minimum atomic E-state index is 0.461. The molecule has 3 nitrogen and oxygen atoms in total. The molecule has 0 saturated heterocycles. The molecule has 1 aromatic rings. The van der Waals surface area contributed by atoms with Crippen LogP contribution in [-0.2, 0) is 6.54 Å². The monoisotopic (exact) mass is 275 g/mol. The zero-order valence-corrected chi connectivity index (χ0v) is 13.1. The molecule has 3 heteroatoms. The molecule has 0 radical (unpaired) electrons. The van der Waals surface area contributed by atoms with Crippen LogP contribution >= 0.6 is 0 Å². The molecule has 0 aliphatic heterocycles. The second-order valence-corrected chi connectivity index (χ2v) is 6.48. The van der Waals surface area contributed by atoms with Crippen LogP contribution in [0.5, 0.6) is 0 Å². The summed E-state index contributed by atoms with van der Waals surface area (Å²) in [6, 6.07) is 4.19. The molecule has 0 spiro atoms. The molecule has 1 aromatic heterocycles. The van der Waals surface area contributed by atoms with Gasteiger partial charge in [-0.3, -0.25) is 4.98 Å². The molecule has 0 bridgehead atoms. The number of nitrogens with zero attached hydrogens (tertiary/aromatic N) is 2. The van der Waals surface area contributed by atoms with E-state index in [4.69, 9.17) is 0 Å². The second-order valence-electron chi connectivity index (χ2n) is 6.48. The zero-order valence-electron chi connectivity index (χ0n) is 13.1. The summed E-state index contributed by atoms with van der Waals surface area (Å²) in [6.45, 7) is 3.33. The standard InChI is InChI=1S/C17H29N3/c1-18-14-17(9-5-3-4-6-10-17)15-20(2)13-16-8-7-11-19-12-16/h7-8,11-12,18H,3-6,9-10,13-15H2,1-2H3. The van der Waals surface area contributed by atoms with E-state index in [1.165, 1.54) is 50.6 Å². The summed E-state index contributed by atoms with van der Waals surface area (Å²) in [5.41, 5.74) is 1.77. The van der Waals surface area contributed by atoms with Crippen molar-refractivity contribution in [2.75, 3.05) is 27.2 Å². The topological polar surface area (TPSA) is 28.2 Å². The number of aromatic nitrogens is 1. The lowest BCUT2D eigenvalue weighted by atomic mass is 9.79. The van der Waals surface area contributed by atoms with Crippen molar-refractivity contribution < 1.29 is 0 Å². The molecular formula is C17H29N3. The van der Waals surface area contributed by atoms with Crippen LogP contribution in [0, 0.1) is 5.41 Å². The maximum atomic E-state index is 4.21. The first-order valence-electron chi connectivity index (χ1n) is 7.96. The number of rotatable bonds is 6. The summed E-state index contributed by atoms with van der Waals surface area (Å²) in [5.74, 6) is 0. The Morgan fingerprint density at radius 1 is 1.25 bits per heavy atom. The van der Waals surface area contributed by atoms with Crippen molar-refractivity contribution in [3.05, 3.63) is 30.1 Å². The number of pyridine rings is 1. The Morgan fingerprint density at radius 3 is 2.60 bits per heavy atom. The third kappa shape index (κ3) is 4.57.